The van der Waals surface area contributed by atoms with Crippen molar-refractivity contribution in [3.63, 3.8) is 0 Å². The maximum Gasteiger partial charge on any atom is 0.151 e. The molecule has 24 heavy (non-hydrogen) atoms. The molecular weight excluding hydrogens is 296 g/mol. The van der Waals surface area contributed by atoms with E-state index in [9.17, 15) is 0 Å². The first-order chi connectivity index (χ1) is 11.6. The largest absolute Gasteiger partial charge is 0.368 e. The second kappa shape index (κ2) is 17.7. The van der Waals surface area contributed by atoms with Crippen LogP contribution in [0.5, 0.6) is 0 Å². The van der Waals surface area contributed by atoms with Gasteiger partial charge in [0, 0.05) is 0 Å². The summed E-state index contributed by atoms with van der Waals surface area (Å²) in [7, 11) is 0. The molecule has 0 aliphatic rings. The predicted octanol–water partition coefficient (Wildman–Crippen LogP) is 6.83. The summed E-state index contributed by atoms with van der Waals surface area (Å²) in [5.74, 6) is 1.78. The summed E-state index contributed by atoms with van der Waals surface area (Å²) in [6.45, 7) is 7.12. The number of hydrogen-bond donors (Lipinski definition) is 2. The van der Waals surface area contributed by atoms with E-state index in [-0.39, 0.29) is 0 Å². The number of unbranched alkanes of at least 4 members (excludes halogenated alkanes) is 8. The predicted molar refractivity (Wildman–Crippen MR) is 106 cm³/mol. The minimum Gasteiger partial charge on any atom is -0.368 e. The average molecular weight is 343 g/mol. The zero-order chi connectivity index (χ0) is 18.0. The summed E-state index contributed by atoms with van der Waals surface area (Å²) in [6, 6.07) is 0. The van der Waals surface area contributed by atoms with Crippen LogP contribution in [0.3, 0.4) is 0 Å². The highest BCUT2D eigenvalue weighted by Gasteiger charge is 2.05. The summed E-state index contributed by atoms with van der Waals surface area (Å²) < 4.78 is 0. The maximum absolute atomic E-state index is 8.79. The molecule has 0 heterocycles. The van der Waals surface area contributed by atoms with Gasteiger partial charge >= 0.3 is 0 Å². The SMILES string of the molecule is CCCCCCCC(C)CCCCC(C)CCCCCCC(O)O. The lowest BCUT2D eigenvalue weighted by molar-refractivity contribution is -0.0466. The van der Waals surface area contributed by atoms with Gasteiger partial charge in [0.25, 0.3) is 0 Å². The van der Waals surface area contributed by atoms with Crippen molar-refractivity contribution in [3.8, 4) is 0 Å². The second-order valence-corrected chi connectivity index (χ2v) is 8.17. The molecule has 0 spiro atoms. The summed E-state index contributed by atoms with van der Waals surface area (Å²) in [6.07, 6.45) is 19.5. The Morgan fingerprint density at radius 1 is 0.500 bits per heavy atom. The van der Waals surface area contributed by atoms with E-state index in [4.69, 9.17) is 10.2 Å². The Morgan fingerprint density at radius 3 is 1.21 bits per heavy atom. The summed E-state index contributed by atoms with van der Waals surface area (Å²) in [5, 5.41) is 17.6. The van der Waals surface area contributed by atoms with E-state index in [0.717, 1.165) is 24.7 Å². The second-order valence-electron chi connectivity index (χ2n) is 8.17. The molecule has 0 aliphatic heterocycles. The van der Waals surface area contributed by atoms with Crippen LogP contribution in [0, 0.1) is 11.8 Å². The van der Waals surface area contributed by atoms with Crippen LogP contribution in [0.15, 0.2) is 0 Å². The highest BCUT2D eigenvalue weighted by atomic mass is 16.5. The first-order valence-electron chi connectivity index (χ1n) is 10.9. The fourth-order valence-electron chi connectivity index (χ4n) is 3.54. The van der Waals surface area contributed by atoms with Crippen molar-refractivity contribution >= 4 is 0 Å². The molecule has 0 bridgehead atoms. The molecule has 2 heteroatoms. The molecule has 2 unspecified atom stereocenters. The smallest absolute Gasteiger partial charge is 0.151 e. The highest BCUT2D eigenvalue weighted by Crippen LogP contribution is 2.21. The molecule has 0 saturated carbocycles. The van der Waals surface area contributed by atoms with Crippen LogP contribution in [-0.4, -0.2) is 16.5 Å². The Kier molecular flexibility index (Phi) is 17.7. The standard InChI is InChI=1S/C22H46O2/c1-4-5-6-7-10-15-20(2)17-13-14-18-21(3)16-11-8-9-12-19-22(23)24/h20-24H,4-19H2,1-3H3. The molecule has 0 radical (unpaired) electrons. The third kappa shape index (κ3) is 18.3. The van der Waals surface area contributed by atoms with E-state index in [1.54, 1.807) is 0 Å². The molecule has 2 nitrogen and oxygen atoms in total. The number of hydrogen-bond acceptors (Lipinski definition) is 2. The third-order valence-corrected chi connectivity index (χ3v) is 5.35. The molecular formula is C22H46O2. The van der Waals surface area contributed by atoms with Crippen molar-refractivity contribution < 1.29 is 10.2 Å². The van der Waals surface area contributed by atoms with Crippen molar-refractivity contribution in [3.05, 3.63) is 0 Å². The Labute approximate surface area is 152 Å². The molecule has 0 aromatic carbocycles. The van der Waals surface area contributed by atoms with Crippen LogP contribution in [0.25, 0.3) is 0 Å². The molecule has 0 aliphatic carbocycles. The van der Waals surface area contributed by atoms with E-state index in [2.05, 4.69) is 20.8 Å². The lowest BCUT2D eigenvalue weighted by Gasteiger charge is -2.13. The average Bonchev–Trinajstić information content (AvgIpc) is 2.54. The van der Waals surface area contributed by atoms with Gasteiger partial charge in [-0.2, -0.15) is 0 Å². The first kappa shape index (κ1) is 23.9. The van der Waals surface area contributed by atoms with Gasteiger partial charge in [0.1, 0.15) is 0 Å². The molecule has 0 fully saturated rings. The van der Waals surface area contributed by atoms with Gasteiger partial charge in [-0.3, -0.25) is 0 Å². The Balaban J connectivity index is 3.31. The Morgan fingerprint density at radius 2 is 0.833 bits per heavy atom. The Bertz CT molecular complexity index is 240. The minimum absolute atomic E-state index is 0.534. The van der Waals surface area contributed by atoms with E-state index in [0.29, 0.717) is 6.42 Å². The van der Waals surface area contributed by atoms with E-state index >= 15 is 0 Å². The molecule has 146 valence electrons. The molecule has 2 atom stereocenters. The van der Waals surface area contributed by atoms with E-state index in [1.165, 1.54) is 83.5 Å². The van der Waals surface area contributed by atoms with Gasteiger partial charge in [-0.15, -0.1) is 0 Å². The maximum atomic E-state index is 8.79. The highest BCUT2D eigenvalue weighted by molar-refractivity contribution is 4.58. The van der Waals surface area contributed by atoms with Gasteiger partial charge in [-0.1, -0.05) is 111 Å². The topological polar surface area (TPSA) is 40.5 Å². The van der Waals surface area contributed by atoms with Crippen LogP contribution in [-0.2, 0) is 0 Å². The molecule has 0 aromatic heterocycles. The van der Waals surface area contributed by atoms with Crippen LogP contribution in [0.4, 0.5) is 0 Å². The van der Waals surface area contributed by atoms with Crippen LogP contribution >= 0.6 is 0 Å². The fraction of sp³-hybridized carbons (Fsp3) is 1.00. The van der Waals surface area contributed by atoms with Gasteiger partial charge in [0.05, 0.1) is 0 Å². The lowest BCUT2D eigenvalue weighted by Crippen LogP contribution is -2.03. The monoisotopic (exact) mass is 342 g/mol. The van der Waals surface area contributed by atoms with Crippen molar-refractivity contribution in [2.24, 2.45) is 11.8 Å². The summed E-state index contributed by atoms with van der Waals surface area (Å²) in [5.41, 5.74) is 0. The lowest BCUT2D eigenvalue weighted by atomic mass is 9.93. The molecule has 0 saturated heterocycles. The van der Waals surface area contributed by atoms with Gasteiger partial charge in [0.2, 0.25) is 0 Å². The van der Waals surface area contributed by atoms with Crippen molar-refractivity contribution in [1.29, 1.82) is 0 Å². The zero-order valence-corrected chi connectivity index (χ0v) is 16.9. The molecule has 0 rings (SSSR count). The van der Waals surface area contributed by atoms with Crippen molar-refractivity contribution in [2.75, 3.05) is 0 Å². The number of aliphatic hydroxyl groups excluding tert-OH is 1. The minimum atomic E-state index is -1.11. The van der Waals surface area contributed by atoms with Crippen molar-refractivity contribution in [2.45, 2.75) is 130 Å². The molecule has 0 aromatic rings. The number of rotatable bonds is 18. The van der Waals surface area contributed by atoms with Gasteiger partial charge in [-0.25, -0.2) is 0 Å². The van der Waals surface area contributed by atoms with Crippen molar-refractivity contribution in [1.82, 2.24) is 0 Å². The van der Waals surface area contributed by atoms with Crippen LogP contribution < -0.4 is 0 Å². The zero-order valence-electron chi connectivity index (χ0n) is 16.9. The quantitative estimate of drug-likeness (QED) is 0.212. The van der Waals surface area contributed by atoms with Crippen LogP contribution in [0.2, 0.25) is 0 Å². The molecule has 2 N–H and O–H groups in total. The van der Waals surface area contributed by atoms with Gasteiger partial charge in [-0.05, 0) is 24.7 Å². The van der Waals surface area contributed by atoms with Crippen LogP contribution in [0.1, 0.15) is 124 Å². The first-order valence-corrected chi connectivity index (χ1v) is 10.9. The third-order valence-electron chi connectivity index (χ3n) is 5.35. The molecule has 0 amide bonds. The normalized spacial score (nSPS) is 14.2. The number of aliphatic hydroxyl groups is 2. The van der Waals surface area contributed by atoms with Gasteiger partial charge in [0.15, 0.2) is 6.29 Å². The summed E-state index contributed by atoms with van der Waals surface area (Å²) in [4.78, 5) is 0. The van der Waals surface area contributed by atoms with E-state index < -0.39 is 6.29 Å². The fourth-order valence-corrected chi connectivity index (χ4v) is 3.54. The Hall–Kier alpha value is -0.0800. The van der Waals surface area contributed by atoms with E-state index in [1.807, 2.05) is 0 Å². The summed E-state index contributed by atoms with van der Waals surface area (Å²) >= 11 is 0. The van der Waals surface area contributed by atoms with Gasteiger partial charge < -0.3 is 10.2 Å².